The molecule has 3 heterocycles. The number of likely N-dealkylation sites (tertiary alicyclic amines) is 1. The van der Waals surface area contributed by atoms with Gasteiger partial charge in [-0.1, -0.05) is 49.4 Å². The van der Waals surface area contributed by atoms with Crippen LogP contribution in [0.2, 0.25) is 0 Å². The molecule has 230 valence electrons. The molecule has 1 spiro atoms. The highest BCUT2D eigenvalue weighted by Gasteiger charge is 2.80. The third kappa shape index (κ3) is 5.29. The smallest absolute Gasteiger partial charge is 0.312 e. The Hall–Kier alpha value is -3.49. The summed E-state index contributed by atoms with van der Waals surface area (Å²) < 4.78 is 12.6. The van der Waals surface area contributed by atoms with Crippen LogP contribution in [-0.2, 0) is 23.9 Å². The van der Waals surface area contributed by atoms with Crippen molar-refractivity contribution in [3.63, 3.8) is 0 Å². The Kier molecular flexibility index (Phi) is 9.09. The molecule has 2 aromatic carbocycles. The number of hydrogen-bond acceptors (Lipinski definition) is 6. The minimum absolute atomic E-state index is 0.0126. The van der Waals surface area contributed by atoms with Crippen LogP contribution in [0.15, 0.2) is 67.8 Å². The van der Waals surface area contributed by atoms with Crippen molar-refractivity contribution in [2.24, 2.45) is 17.8 Å². The molecular formula is C35H44N2O6. The van der Waals surface area contributed by atoms with Crippen molar-refractivity contribution in [1.29, 1.82) is 0 Å². The van der Waals surface area contributed by atoms with Crippen LogP contribution in [0.3, 0.4) is 0 Å². The van der Waals surface area contributed by atoms with Crippen LogP contribution < -0.4 is 4.90 Å². The zero-order valence-electron chi connectivity index (χ0n) is 25.4. The maximum atomic E-state index is 14.8. The molecule has 3 aliphatic heterocycles. The molecule has 1 N–H and O–H groups in total. The van der Waals surface area contributed by atoms with Crippen LogP contribution in [0.5, 0.6) is 0 Å². The molecule has 8 nitrogen and oxygen atoms in total. The molecule has 2 aromatic rings. The van der Waals surface area contributed by atoms with Crippen LogP contribution in [0, 0.1) is 17.8 Å². The summed E-state index contributed by atoms with van der Waals surface area (Å²) in [5.74, 6) is -2.65. The molecule has 3 unspecified atom stereocenters. The summed E-state index contributed by atoms with van der Waals surface area (Å²) in [5, 5.41) is 11.5. The van der Waals surface area contributed by atoms with Crippen molar-refractivity contribution in [3.05, 3.63) is 67.8 Å². The van der Waals surface area contributed by atoms with Gasteiger partial charge < -0.3 is 24.4 Å². The number of fused-ring (bicyclic) bond motifs is 2. The van der Waals surface area contributed by atoms with E-state index in [1.54, 1.807) is 15.9 Å². The van der Waals surface area contributed by atoms with Gasteiger partial charge in [-0.3, -0.25) is 14.4 Å². The minimum Gasteiger partial charge on any atom is -0.465 e. The van der Waals surface area contributed by atoms with Crippen LogP contribution in [-0.4, -0.2) is 71.3 Å². The lowest BCUT2D eigenvalue weighted by molar-refractivity contribution is -0.161. The summed E-state index contributed by atoms with van der Waals surface area (Å²) in [6.07, 6.45) is 7.43. The van der Waals surface area contributed by atoms with Gasteiger partial charge in [0.05, 0.1) is 18.1 Å². The van der Waals surface area contributed by atoms with E-state index in [0.29, 0.717) is 31.4 Å². The summed E-state index contributed by atoms with van der Waals surface area (Å²) in [6, 6.07) is 12.9. The summed E-state index contributed by atoms with van der Waals surface area (Å²) in [4.78, 5) is 46.1. The van der Waals surface area contributed by atoms with Gasteiger partial charge in [0.25, 0.3) is 5.91 Å². The minimum atomic E-state index is -1.16. The van der Waals surface area contributed by atoms with E-state index in [1.165, 1.54) is 0 Å². The quantitative estimate of drug-likeness (QED) is 0.189. The highest BCUT2D eigenvalue weighted by molar-refractivity contribution is 6.05. The third-order valence-corrected chi connectivity index (χ3v) is 9.78. The second-order valence-electron chi connectivity index (χ2n) is 12.4. The first-order chi connectivity index (χ1) is 20.7. The fraction of sp³-hybridized carbons (Fsp3) is 0.514. The summed E-state index contributed by atoms with van der Waals surface area (Å²) in [5.41, 5.74) is -1.39. The lowest BCUT2D eigenvalue weighted by Gasteiger charge is -2.37. The zero-order chi connectivity index (χ0) is 30.8. The average molecular weight is 589 g/mol. The SMILES string of the molecule is C=CCCCCOC(=O)[C@H]1[C@H]2C(=O)N(CCCCO)C(C(=O)N(CC=C)c3ccc4ccccc4c3)C23CC(C)[C@]1(C)O3. The lowest BCUT2D eigenvalue weighted by Crippen LogP contribution is -2.57. The van der Waals surface area contributed by atoms with Gasteiger partial charge in [-0.05, 0) is 74.3 Å². The molecule has 0 radical (unpaired) electrons. The number of aliphatic hydroxyl groups excluding tert-OH is 1. The number of benzene rings is 2. The van der Waals surface area contributed by atoms with Crippen LogP contribution in [0.1, 0.15) is 52.4 Å². The number of ether oxygens (including phenoxy) is 2. The van der Waals surface area contributed by atoms with Crippen LogP contribution >= 0.6 is 0 Å². The first-order valence-electron chi connectivity index (χ1n) is 15.5. The molecule has 0 aliphatic carbocycles. The third-order valence-electron chi connectivity index (χ3n) is 9.78. The van der Waals surface area contributed by atoms with E-state index in [1.807, 2.05) is 62.4 Å². The number of aliphatic hydroxyl groups is 1. The second-order valence-corrected chi connectivity index (χ2v) is 12.4. The Morgan fingerprint density at radius 2 is 1.88 bits per heavy atom. The van der Waals surface area contributed by atoms with Gasteiger partial charge in [0.15, 0.2) is 0 Å². The molecule has 2 bridgehead atoms. The Morgan fingerprint density at radius 1 is 1.12 bits per heavy atom. The van der Waals surface area contributed by atoms with Crippen LogP contribution in [0.25, 0.3) is 10.8 Å². The number of unbranched alkanes of at least 4 members (excludes halogenated alkanes) is 3. The number of nitrogens with zero attached hydrogens (tertiary/aromatic N) is 2. The monoisotopic (exact) mass is 588 g/mol. The zero-order valence-corrected chi connectivity index (χ0v) is 25.4. The average Bonchev–Trinajstić information content (AvgIpc) is 3.51. The van der Waals surface area contributed by atoms with Crippen LogP contribution in [0.4, 0.5) is 5.69 Å². The molecule has 2 amide bonds. The number of hydrogen-bond donors (Lipinski definition) is 1. The first-order valence-corrected chi connectivity index (χ1v) is 15.5. The Labute approximate surface area is 254 Å². The molecule has 3 saturated heterocycles. The summed E-state index contributed by atoms with van der Waals surface area (Å²) in [6.45, 7) is 12.3. The number of esters is 1. The van der Waals surface area contributed by atoms with E-state index in [0.717, 1.165) is 23.6 Å². The van der Waals surface area contributed by atoms with E-state index in [9.17, 15) is 19.5 Å². The Bertz CT molecular complexity index is 1390. The molecule has 6 atom stereocenters. The molecule has 5 rings (SSSR count). The van der Waals surface area contributed by atoms with Gasteiger partial charge in [-0.25, -0.2) is 0 Å². The van der Waals surface area contributed by atoms with E-state index in [2.05, 4.69) is 13.2 Å². The highest BCUT2D eigenvalue weighted by atomic mass is 16.6. The van der Waals surface area contributed by atoms with Gasteiger partial charge in [-0.2, -0.15) is 0 Å². The summed E-state index contributed by atoms with van der Waals surface area (Å²) in [7, 11) is 0. The van der Waals surface area contributed by atoms with Crippen molar-refractivity contribution in [3.8, 4) is 0 Å². The number of amides is 2. The topological polar surface area (TPSA) is 96.4 Å². The lowest BCUT2D eigenvalue weighted by atomic mass is 9.62. The van der Waals surface area contributed by atoms with Gasteiger partial charge in [0, 0.05) is 25.4 Å². The van der Waals surface area contributed by atoms with Crippen molar-refractivity contribution >= 4 is 34.2 Å². The molecule has 3 fully saturated rings. The predicted molar refractivity (Wildman–Crippen MR) is 166 cm³/mol. The number of carbonyl (C=O) groups excluding carboxylic acids is 3. The number of carbonyl (C=O) groups is 3. The molecule has 3 aliphatic rings. The number of allylic oxidation sites excluding steroid dienone is 1. The largest absolute Gasteiger partial charge is 0.465 e. The standard InChI is InChI=1S/C35H44N2O6/c1-5-7-8-13-21-42-33(41)29-28-31(39)37(19-11-12-20-38)30(35(28)23-24(3)34(29,4)43-35)32(40)36(18-6-2)27-17-16-25-14-9-10-15-26(25)22-27/h5-6,9-10,14-17,22,24,28-30,38H,1-2,7-8,11-13,18-21,23H2,3-4H3/t24?,28-,29+,30?,34-,35?/m0/s1. The van der Waals surface area contributed by atoms with Gasteiger partial charge in [0.1, 0.15) is 17.6 Å². The normalized spacial score (nSPS) is 29.1. The molecule has 0 aromatic heterocycles. The molecular weight excluding hydrogens is 544 g/mol. The molecule has 8 heteroatoms. The maximum absolute atomic E-state index is 14.8. The van der Waals surface area contributed by atoms with Crippen molar-refractivity contribution < 1.29 is 29.0 Å². The Morgan fingerprint density at radius 3 is 2.60 bits per heavy atom. The van der Waals surface area contributed by atoms with E-state index in [-0.39, 0.29) is 44.0 Å². The fourth-order valence-electron chi connectivity index (χ4n) is 7.61. The van der Waals surface area contributed by atoms with E-state index >= 15 is 0 Å². The van der Waals surface area contributed by atoms with E-state index < -0.39 is 35.0 Å². The number of anilines is 1. The van der Waals surface area contributed by atoms with Crippen molar-refractivity contribution in [1.82, 2.24) is 4.90 Å². The number of rotatable bonds is 14. The predicted octanol–water partition coefficient (Wildman–Crippen LogP) is 5.04. The Balaban J connectivity index is 1.52. The van der Waals surface area contributed by atoms with Gasteiger partial charge in [-0.15, -0.1) is 13.2 Å². The van der Waals surface area contributed by atoms with Gasteiger partial charge >= 0.3 is 5.97 Å². The maximum Gasteiger partial charge on any atom is 0.312 e. The second kappa shape index (κ2) is 12.6. The van der Waals surface area contributed by atoms with Crippen molar-refractivity contribution in [2.75, 3.05) is 31.2 Å². The summed E-state index contributed by atoms with van der Waals surface area (Å²) >= 11 is 0. The van der Waals surface area contributed by atoms with Gasteiger partial charge in [0.2, 0.25) is 5.91 Å². The van der Waals surface area contributed by atoms with E-state index in [4.69, 9.17) is 9.47 Å². The fourth-order valence-corrected chi connectivity index (χ4v) is 7.61. The highest BCUT2D eigenvalue weighted by Crippen LogP contribution is 2.65. The molecule has 43 heavy (non-hydrogen) atoms. The van der Waals surface area contributed by atoms with Crippen molar-refractivity contribution in [2.45, 2.75) is 69.6 Å². The first kappa shape index (κ1) is 31.0. The molecule has 0 saturated carbocycles.